The zero-order valence-electron chi connectivity index (χ0n) is 7.77. The van der Waals surface area contributed by atoms with E-state index in [4.69, 9.17) is 0 Å². The minimum atomic E-state index is -3.05. The van der Waals surface area contributed by atoms with Gasteiger partial charge in [0.25, 0.3) is 0 Å². The van der Waals surface area contributed by atoms with Gasteiger partial charge in [-0.1, -0.05) is 28.1 Å². The Morgan fingerprint density at radius 2 is 1.79 bits per heavy atom. The third-order valence-corrected chi connectivity index (χ3v) is 4.59. The van der Waals surface area contributed by atoms with E-state index >= 15 is 0 Å². The van der Waals surface area contributed by atoms with E-state index in [1.54, 1.807) is 12.1 Å². The maximum Gasteiger partial charge on any atom is 0.175 e. The van der Waals surface area contributed by atoms with Crippen LogP contribution in [0.1, 0.15) is 17.9 Å². The maximum atomic E-state index is 11.2. The Morgan fingerprint density at radius 3 is 2.14 bits per heavy atom. The molecule has 4 heteroatoms. The van der Waals surface area contributed by atoms with Crippen molar-refractivity contribution < 1.29 is 8.42 Å². The molecular weight excluding hydrogens is 264 g/mol. The molecule has 0 aromatic heterocycles. The molecule has 0 N–H and O–H groups in total. The van der Waals surface area contributed by atoms with Crippen molar-refractivity contribution in [3.05, 3.63) is 29.8 Å². The Labute approximate surface area is 92.4 Å². The Hall–Kier alpha value is -0.350. The normalized spacial score (nSPS) is 26.1. The fraction of sp³-hybridized carbons (Fsp3) is 0.400. The minimum absolute atomic E-state index is 0.396. The van der Waals surface area contributed by atoms with Crippen LogP contribution in [0.2, 0.25) is 0 Å². The van der Waals surface area contributed by atoms with Gasteiger partial charge in [-0.3, -0.25) is 0 Å². The van der Waals surface area contributed by atoms with Crippen LogP contribution in [0.25, 0.3) is 0 Å². The highest BCUT2D eigenvalue weighted by Gasteiger charge is 2.35. The second-order valence-electron chi connectivity index (χ2n) is 3.70. The number of rotatable bonds is 2. The zero-order valence-corrected chi connectivity index (χ0v) is 10.2. The molecule has 2 atom stereocenters. The van der Waals surface area contributed by atoms with Crippen LogP contribution in [0.15, 0.2) is 29.2 Å². The second kappa shape index (κ2) is 3.35. The van der Waals surface area contributed by atoms with Crippen LogP contribution < -0.4 is 0 Å². The van der Waals surface area contributed by atoms with Crippen LogP contribution in [0.3, 0.4) is 0 Å². The first-order chi connectivity index (χ1) is 6.48. The van der Waals surface area contributed by atoms with Crippen LogP contribution in [0.4, 0.5) is 0 Å². The highest BCUT2D eigenvalue weighted by atomic mass is 79.9. The molecule has 1 fully saturated rings. The predicted octanol–water partition coefficient (Wildman–Crippen LogP) is 2.34. The molecule has 0 unspecified atom stereocenters. The SMILES string of the molecule is CS(=O)(=O)c1ccc([C@@H]2C[C@H]2Br)cc1. The van der Waals surface area contributed by atoms with E-state index in [0.717, 1.165) is 6.42 Å². The van der Waals surface area contributed by atoms with Crippen LogP contribution in [0, 0.1) is 0 Å². The number of hydrogen-bond donors (Lipinski definition) is 0. The molecule has 0 radical (unpaired) electrons. The highest BCUT2D eigenvalue weighted by Crippen LogP contribution is 2.46. The Bertz CT molecular complexity index is 436. The molecule has 76 valence electrons. The Morgan fingerprint density at radius 1 is 1.29 bits per heavy atom. The minimum Gasteiger partial charge on any atom is -0.224 e. The first-order valence-corrected chi connectivity index (χ1v) is 7.23. The van der Waals surface area contributed by atoms with Gasteiger partial charge in [0, 0.05) is 11.1 Å². The van der Waals surface area contributed by atoms with Gasteiger partial charge < -0.3 is 0 Å². The molecule has 0 aliphatic heterocycles. The first kappa shape index (κ1) is 10.2. The third kappa shape index (κ3) is 2.01. The van der Waals surface area contributed by atoms with Gasteiger partial charge in [0.15, 0.2) is 9.84 Å². The van der Waals surface area contributed by atoms with Crippen LogP contribution in [0.5, 0.6) is 0 Å². The summed E-state index contributed by atoms with van der Waals surface area (Å²) in [5.41, 5.74) is 1.22. The summed E-state index contributed by atoms with van der Waals surface area (Å²) in [7, 11) is -3.05. The molecule has 14 heavy (non-hydrogen) atoms. The van der Waals surface area contributed by atoms with Gasteiger partial charge in [0.05, 0.1) is 4.90 Å². The van der Waals surface area contributed by atoms with Gasteiger partial charge in [-0.25, -0.2) is 8.42 Å². The van der Waals surface area contributed by atoms with Gasteiger partial charge in [0.1, 0.15) is 0 Å². The van der Waals surface area contributed by atoms with E-state index in [9.17, 15) is 8.42 Å². The summed E-state index contributed by atoms with van der Waals surface area (Å²) in [6, 6.07) is 7.18. The topological polar surface area (TPSA) is 34.1 Å². The maximum absolute atomic E-state index is 11.2. The first-order valence-electron chi connectivity index (χ1n) is 4.42. The summed E-state index contributed by atoms with van der Waals surface area (Å²) >= 11 is 3.52. The lowest BCUT2D eigenvalue weighted by atomic mass is 10.1. The molecule has 2 rings (SSSR count). The van der Waals surface area contributed by atoms with Crippen LogP contribution >= 0.6 is 15.9 Å². The van der Waals surface area contributed by atoms with Crippen molar-refractivity contribution in [3.8, 4) is 0 Å². The van der Waals surface area contributed by atoms with Gasteiger partial charge in [0.2, 0.25) is 0 Å². The van der Waals surface area contributed by atoms with Crippen molar-refractivity contribution in [1.82, 2.24) is 0 Å². The Balaban J connectivity index is 2.27. The van der Waals surface area contributed by atoms with Crippen molar-refractivity contribution in [2.75, 3.05) is 6.26 Å². The average molecular weight is 275 g/mol. The number of alkyl halides is 1. The van der Waals surface area contributed by atoms with Crippen LogP contribution in [-0.2, 0) is 9.84 Å². The predicted molar refractivity (Wildman–Crippen MR) is 59.6 cm³/mol. The number of benzene rings is 1. The molecular formula is C10H11BrO2S. The fourth-order valence-electron chi connectivity index (χ4n) is 1.47. The average Bonchev–Trinajstić information content (AvgIpc) is 2.81. The molecule has 1 saturated carbocycles. The smallest absolute Gasteiger partial charge is 0.175 e. The van der Waals surface area contributed by atoms with Crippen molar-refractivity contribution in [2.45, 2.75) is 22.1 Å². The third-order valence-electron chi connectivity index (χ3n) is 2.45. The van der Waals surface area contributed by atoms with E-state index in [1.807, 2.05) is 12.1 Å². The summed E-state index contributed by atoms with van der Waals surface area (Å²) in [6.07, 6.45) is 2.38. The molecule has 0 spiro atoms. The molecule has 1 aromatic rings. The molecule has 1 aliphatic rings. The number of sulfone groups is 1. The lowest BCUT2D eigenvalue weighted by molar-refractivity contribution is 0.602. The van der Waals surface area contributed by atoms with Gasteiger partial charge in [-0.05, 0) is 30.0 Å². The molecule has 0 bridgehead atoms. The lowest BCUT2D eigenvalue weighted by Crippen LogP contribution is -1.96. The van der Waals surface area contributed by atoms with Gasteiger partial charge >= 0.3 is 0 Å². The molecule has 1 aromatic carbocycles. The van der Waals surface area contributed by atoms with E-state index < -0.39 is 9.84 Å². The van der Waals surface area contributed by atoms with Gasteiger partial charge in [-0.15, -0.1) is 0 Å². The van der Waals surface area contributed by atoms with E-state index in [1.165, 1.54) is 11.8 Å². The molecule has 0 amide bonds. The van der Waals surface area contributed by atoms with Gasteiger partial charge in [-0.2, -0.15) is 0 Å². The zero-order chi connectivity index (χ0) is 10.3. The monoisotopic (exact) mass is 274 g/mol. The van der Waals surface area contributed by atoms with Crippen molar-refractivity contribution in [3.63, 3.8) is 0 Å². The van der Waals surface area contributed by atoms with Crippen molar-refractivity contribution in [2.24, 2.45) is 0 Å². The van der Waals surface area contributed by atoms with Crippen molar-refractivity contribution >= 4 is 25.8 Å². The second-order valence-corrected chi connectivity index (χ2v) is 6.89. The largest absolute Gasteiger partial charge is 0.224 e. The standard InChI is InChI=1S/C10H11BrO2S/c1-14(12,13)8-4-2-7(3-5-8)9-6-10(9)11/h2-5,9-10H,6H2,1H3/t9-,10+/m0/s1. The summed E-state index contributed by atoms with van der Waals surface area (Å²) < 4.78 is 22.4. The molecule has 1 aliphatic carbocycles. The van der Waals surface area contributed by atoms with E-state index in [2.05, 4.69) is 15.9 Å². The summed E-state index contributed by atoms with van der Waals surface area (Å²) in [5.74, 6) is 0.573. The molecule has 2 nitrogen and oxygen atoms in total. The summed E-state index contributed by atoms with van der Waals surface area (Å²) in [5, 5.41) is 0. The van der Waals surface area contributed by atoms with E-state index in [-0.39, 0.29) is 0 Å². The van der Waals surface area contributed by atoms with Crippen molar-refractivity contribution in [1.29, 1.82) is 0 Å². The van der Waals surface area contributed by atoms with Crippen LogP contribution in [-0.4, -0.2) is 19.5 Å². The molecule has 0 saturated heterocycles. The number of halogens is 1. The number of hydrogen-bond acceptors (Lipinski definition) is 2. The van der Waals surface area contributed by atoms with E-state index in [0.29, 0.717) is 15.6 Å². The summed E-state index contributed by atoms with van der Waals surface area (Å²) in [4.78, 5) is 0.972. The summed E-state index contributed by atoms with van der Waals surface area (Å²) in [6.45, 7) is 0. The lowest BCUT2D eigenvalue weighted by Gasteiger charge is -2.00. The molecule has 0 heterocycles. The Kier molecular flexibility index (Phi) is 2.43. The quantitative estimate of drug-likeness (QED) is 0.776. The fourth-order valence-corrected chi connectivity index (χ4v) is 2.81. The highest BCUT2D eigenvalue weighted by molar-refractivity contribution is 9.09.